The standard InChI is InChI=1S/C16H14N2O4S2/c1-22-15(20)9-3-5-11-12(7-9)17-16(21)18(14(11)19)8-10-4-6-13(23-2)24-10/h3-7H,8H2,1-2H3,(H,17,21). The molecule has 124 valence electrons. The van der Waals surface area contributed by atoms with Gasteiger partial charge in [-0.1, -0.05) is 0 Å². The minimum absolute atomic E-state index is 0.216. The van der Waals surface area contributed by atoms with Gasteiger partial charge in [0.25, 0.3) is 5.56 Å². The van der Waals surface area contributed by atoms with Gasteiger partial charge in [-0.2, -0.15) is 0 Å². The number of ether oxygens (including phenoxy) is 1. The summed E-state index contributed by atoms with van der Waals surface area (Å²) in [4.78, 5) is 40.0. The molecule has 24 heavy (non-hydrogen) atoms. The van der Waals surface area contributed by atoms with Crippen molar-refractivity contribution in [2.45, 2.75) is 10.8 Å². The number of benzene rings is 1. The van der Waals surface area contributed by atoms with Gasteiger partial charge < -0.3 is 9.72 Å². The zero-order valence-electron chi connectivity index (χ0n) is 13.0. The lowest BCUT2D eigenvalue weighted by Gasteiger charge is -2.06. The number of esters is 1. The normalized spacial score (nSPS) is 10.9. The Balaban J connectivity index is 2.08. The number of thioether (sulfide) groups is 1. The van der Waals surface area contributed by atoms with Crippen LogP contribution in [0.25, 0.3) is 10.9 Å². The lowest BCUT2D eigenvalue weighted by Crippen LogP contribution is -2.35. The number of methoxy groups -OCH3 is 1. The second-order valence-corrected chi connectivity index (χ2v) is 7.27. The number of hydrogen-bond donors (Lipinski definition) is 1. The molecule has 2 aromatic heterocycles. The molecule has 0 atom stereocenters. The van der Waals surface area contributed by atoms with Crippen molar-refractivity contribution < 1.29 is 9.53 Å². The molecular formula is C16H14N2O4S2. The number of hydrogen-bond acceptors (Lipinski definition) is 6. The first-order chi connectivity index (χ1) is 11.5. The molecule has 0 bridgehead atoms. The van der Waals surface area contributed by atoms with Crippen LogP contribution in [0.3, 0.4) is 0 Å². The predicted octanol–water partition coefficient (Wildman–Crippen LogP) is 2.31. The third-order valence-corrected chi connectivity index (χ3v) is 5.71. The molecule has 3 rings (SSSR count). The Kier molecular flexibility index (Phi) is 4.59. The Morgan fingerprint density at radius 2 is 2.08 bits per heavy atom. The van der Waals surface area contributed by atoms with Crippen LogP contribution in [0.15, 0.2) is 44.1 Å². The minimum Gasteiger partial charge on any atom is -0.465 e. The number of carbonyl (C=O) groups excluding carboxylic acids is 1. The van der Waals surface area contributed by atoms with E-state index in [2.05, 4.69) is 9.72 Å². The number of nitrogens with one attached hydrogen (secondary N) is 1. The van der Waals surface area contributed by atoms with Crippen LogP contribution in [-0.2, 0) is 11.3 Å². The van der Waals surface area contributed by atoms with Crippen LogP contribution in [-0.4, -0.2) is 28.9 Å². The highest BCUT2D eigenvalue weighted by Gasteiger charge is 2.12. The van der Waals surface area contributed by atoms with Crippen LogP contribution in [0.5, 0.6) is 0 Å². The van der Waals surface area contributed by atoms with Gasteiger partial charge >= 0.3 is 11.7 Å². The van der Waals surface area contributed by atoms with Crippen molar-refractivity contribution in [2.24, 2.45) is 0 Å². The maximum Gasteiger partial charge on any atom is 0.337 e. The van der Waals surface area contributed by atoms with Gasteiger partial charge in [-0.15, -0.1) is 23.1 Å². The molecule has 0 aliphatic rings. The van der Waals surface area contributed by atoms with E-state index < -0.39 is 11.7 Å². The summed E-state index contributed by atoms with van der Waals surface area (Å²) >= 11 is 3.17. The van der Waals surface area contributed by atoms with E-state index in [1.807, 2.05) is 18.4 Å². The monoisotopic (exact) mass is 362 g/mol. The van der Waals surface area contributed by atoms with Gasteiger partial charge in [0, 0.05) is 4.88 Å². The summed E-state index contributed by atoms with van der Waals surface area (Å²) in [6, 6.07) is 8.36. The number of aromatic nitrogens is 2. The number of carbonyl (C=O) groups is 1. The van der Waals surface area contributed by atoms with Crippen LogP contribution in [0, 0.1) is 0 Å². The maximum atomic E-state index is 12.6. The van der Waals surface area contributed by atoms with Crippen LogP contribution < -0.4 is 11.2 Å². The molecule has 0 aliphatic carbocycles. The Labute approximate surface area is 145 Å². The Morgan fingerprint density at radius 3 is 2.75 bits per heavy atom. The van der Waals surface area contributed by atoms with Crippen molar-refractivity contribution in [2.75, 3.05) is 13.4 Å². The highest BCUT2D eigenvalue weighted by atomic mass is 32.2. The van der Waals surface area contributed by atoms with Crippen molar-refractivity contribution in [1.29, 1.82) is 0 Å². The minimum atomic E-state index is -0.523. The van der Waals surface area contributed by atoms with Gasteiger partial charge in [0.05, 0.1) is 34.3 Å². The Hall–Kier alpha value is -2.32. The summed E-state index contributed by atoms with van der Waals surface area (Å²) in [5, 5.41) is 0.351. The lowest BCUT2D eigenvalue weighted by molar-refractivity contribution is 0.0601. The van der Waals surface area contributed by atoms with Crippen molar-refractivity contribution in [1.82, 2.24) is 9.55 Å². The zero-order valence-corrected chi connectivity index (χ0v) is 14.6. The molecule has 0 radical (unpaired) electrons. The van der Waals surface area contributed by atoms with Crippen molar-refractivity contribution in [3.63, 3.8) is 0 Å². The van der Waals surface area contributed by atoms with Crippen molar-refractivity contribution in [3.8, 4) is 0 Å². The predicted molar refractivity (Wildman–Crippen MR) is 95.4 cm³/mol. The van der Waals surface area contributed by atoms with Gasteiger partial charge in [-0.25, -0.2) is 9.59 Å². The fourth-order valence-corrected chi connectivity index (χ4v) is 3.93. The van der Waals surface area contributed by atoms with Crippen molar-refractivity contribution >= 4 is 40.0 Å². The fourth-order valence-electron chi connectivity index (χ4n) is 2.35. The maximum absolute atomic E-state index is 12.6. The molecule has 0 aliphatic heterocycles. The van der Waals surface area contributed by atoms with Gasteiger partial charge in [0.1, 0.15) is 0 Å². The topological polar surface area (TPSA) is 81.2 Å². The Bertz CT molecular complexity index is 1030. The molecule has 0 unspecified atom stereocenters. The van der Waals surface area contributed by atoms with E-state index in [0.717, 1.165) is 13.7 Å². The SMILES string of the molecule is COC(=O)c1ccc2c(=O)n(Cc3ccc(SC)s3)c(=O)[nH]c2c1. The van der Waals surface area contributed by atoms with Crippen LogP contribution in [0.2, 0.25) is 0 Å². The molecule has 2 heterocycles. The summed E-state index contributed by atoms with van der Waals surface area (Å²) in [5.41, 5.74) is -0.293. The highest BCUT2D eigenvalue weighted by Crippen LogP contribution is 2.25. The largest absolute Gasteiger partial charge is 0.465 e. The molecule has 0 saturated heterocycles. The second-order valence-electron chi connectivity index (χ2n) is 5.00. The molecule has 0 amide bonds. The summed E-state index contributed by atoms with van der Waals surface area (Å²) < 4.78 is 6.93. The van der Waals surface area contributed by atoms with E-state index in [1.165, 1.54) is 25.3 Å². The summed E-state index contributed by atoms with van der Waals surface area (Å²) in [5.74, 6) is -0.523. The van der Waals surface area contributed by atoms with Crippen molar-refractivity contribution in [3.05, 3.63) is 61.6 Å². The molecule has 1 N–H and O–H groups in total. The van der Waals surface area contributed by atoms with E-state index in [4.69, 9.17) is 0 Å². The third-order valence-electron chi connectivity index (χ3n) is 3.56. The molecule has 6 nitrogen and oxygen atoms in total. The van der Waals surface area contributed by atoms with Gasteiger partial charge in [-0.3, -0.25) is 9.36 Å². The molecular weight excluding hydrogens is 348 g/mol. The smallest absolute Gasteiger partial charge is 0.337 e. The van der Waals surface area contributed by atoms with E-state index in [-0.39, 0.29) is 17.7 Å². The zero-order chi connectivity index (χ0) is 17.3. The van der Waals surface area contributed by atoms with E-state index >= 15 is 0 Å². The van der Waals surface area contributed by atoms with E-state index in [0.29, 0.717) is 10.9 Å². The first-order valence-electron chi connectivity index (χ1n) is 7.01. The molecule has 8 heteroatoms. The third kappa shape index (κ3) is 3.02. The summed E-state index contributed by atoms with van der Waals surface area (Å²) in [6.45, 7) is 0.216. The van der Waals surface area contributed by atoms with Gasteiger partial charge in [0.15, 0.2) is 0 Å². The van der Waals surface area contributed by atoms with Crippen LogP contribution in [0.1, 0.15) is 15.2 Å². The number of rotatable bonds is 4. The summed E-state index contributed by atoms with van der Waals surface area (Å²) in [6.07, 6.45) is 1.98. The van der Waals surface area contributed by atoms with E-state index in [1.54, 1.807) is 23.1 Å². The quantitative estimate of drug-likeness (QED) is 0.569. The van der Waals surface area contributed by atoms with Crippen LogP contribution in [0.4, 0.5) is 0 Å². The fraction of sp³-hybridized carbons (Fsp3) is 0.188. The molecule has 0 saturated carbocycles. The van der Waals surface area contributed by atoms with Gasteiger partial charge in [0.2, 0.25) is 0 Å². The van der Waals surface area contributed by atoms with Gasteiger partial charge in [-0.05, 0) is 36.6 Å². The molecule has 1 aromatic carbocycles. The Morgan fingerprint density at radius 1 is 1.29 bits per heavy atom. The molecule has 0 spiro atoms. The first-order valence-corrected chi connectivity index (χ1v) is 9.05. The first kappa shape index (κ1) is 16.5. The number of fused-ring (bicyclic) bond motifs is 1. The average Bonchev–Trinajstić information content (AvgIpc) is 3.05. The number of nitrogens with zero attached hydrogens (tertiary/aromatic N) is 1. The number of thiophene rings is 1. The lowest BCUT2D eigenvalue weighted by atomic mass is 10.1. The van der Waals surface area contributed by atoms with E-state index in [9.17, 15) is 14.4 Å². The van der Waals surface area contributed by atoms with Crippen LogP contribution >= 0.6 is 23.1 Å². The summed E-state index contributed by atoms with van der Waals surface area (Å²) in [7, 11) is 1.27. The molecule has 0 fully saturated rings. The number of H-pyrrole nitrogens is 1. The number of aromatic amines is 1. The average molecular weight is 362 g/mol. The second kappa shape index (κ2) is 6.66. The highest BCUT2D eigenvalue weighted by molar-refractivity contribution is 8.00. The molecule has 3 aromatic rings.